The van der Waals surface area contributed by atoms with Crippen LogP contribution < -0.4 is 10.1 Å². The Balaban J connectivity index is 2.27. The summed E-state index contributed by atoms with van der Waals surface area (Å²) in [6, 6.07) is 15.0. The van der Waals surface area contributed by atoms with Gasteiger partial charge < -0.3 is 10.1 Å². The molecule has 0 aliphatic heterocycles. The Bertz CT molecular complexity index is 849. The lowest BCUT2D eigenvalue weighted by Crippen LogP contribution is -2.13. The summed E-state index contributed by atoms with van der Waals surface area (Å²) in [5, 5.41) is 12.2. The van der Waals surface area contributed by atoms with Gasteiger partial charge in [-0.3, -0.25) is 4.79 Å². The van der Waals surface area contributed by atoms with Crippen LogP contribution in [0, 0.1) is 11.3 Å². The molecule has 0 saturated heterocycles. The molecule has 2 rings (SSSR count). The van der Waals surface area contributed by atoms with E-state index < -0.39 is 5.91 Å². The van der Waals surface area contributed by atoms with Crippen LogP contribution in [0.5, 0.6) is 5.75 Å². The maximum Gasteiger partial charge on any atom is 0.266 e. The van der Waals surface area contributed by atoms with Crippen molar-refractivity contribution in [3.8, 4) is 11.8 Å². The number of hydrogen-bond donors (Lipinski definition) is 1. The summed E-state index contributed by atoms with van der Waals surface area (Å²) in [6.45, 7) is 5.92. The molecular weight excluding hydrogens is 392 g/mol. The van der Waals surface area contributed by atoms with Crippen LogP contribution in [0.2, 0.25) is 0 Å². The third kappa shape index (κ3) is 5.47. The summed E-state index contributed by atoms with van der Waals surface area (Å²) in [7, 11) is 0. The van der Waals surface area contributed by atoms with Crippen molar-refractivity contribution in [2.24, 2.45) is 0 Å². The predicted octanol–water partition coefficient (Wildman–Crippen LogP) is 5.34. The molecule has 134 valence electrons. The molecule has 0 heterocycles. The first kappa shape index (κ1) is 19.7. The summed E-state index contributed by atoms with van der Waals surface area (Å²) >= 11 is 3.41. The molecule has 0 radical (unpaired) electrons. The van der Waals surface area contributed by atoms with E-state index in [1.54, 1.807) is 0 Å². The number of nitrogens with one attached hydrogen (secondary N) is 1. The summed E-state index contributed by atoms with van der Waals surface area (Å²) < 4.78 is 6.60. The zero-order valence-electron chi connectivity index (χ0n) is 15.0. The van der Waals surface area contributed by atoms with Gasteiger partial charge in [0.2, 0.25) is 0 Å². The Morgan fingerprint density at radius 3 is 2.54 bits per heavy atom. The lowest BCUT2D eigenvalue weighted by Gasteiger charge is -2.13. The monoisotopic (exact) mass is 412 g/mol. The fourth-order valence-corrected chi connectivity index (χ4v) is 2.70. The Labute approximate surface area is 162 Å². The fraction of sp³-hybridized carbons (Fsp3) is 0.238. The lowest BCUT2D eigenvalue weighted by molar-refractivity contribution is -0.112. The highest BCUT2D eigenvalue weighted by Gasteiger charge is 2.12. The van der Waals surface area contributed by atoms with E-state index in [2.05, 4.69) is 28.2 Å². The Hall–Kier alpha value is -2.58. The van der Waals surface area contributed by atoms with Crippen molar-refractivity contribution in [2.75, 3.05) is 5.32 Å². The number of nitriles is 1. The molecule has 26 heavy (non-hydrogen) atoms. The highest BCUT2D eigenvalue weighted by atomic mass is 79.9. The molecule has 0 bridgehead atoms. The van der Waals surface area contributed by atoms with Gasteiger partial charge in [0.1, 0.15) is 17.4 Å². The minimum atomic E-state index is -0.452. The van der Waals surface area contributed by atoms with Crippen LogP contribution in [0.1, 0.15) is 31.9 Å². The van der Waals surface area contributed by atoms with E-state index in [-0.39, 0.29) is 11.7 Å². The summed E-state index contributed by atoms with van der Waals surface area (Å²) in [5.41, 5.74) is 2.52. The second kappa shape index (κ2) is 9.21. The van der Waals surface area contributed by atoms with Crippen LogP contribution in [-0.2, 0) is 11.2 Å². The standard InChI is InChI=1S/C21H21BrN2O2/c1-4-15-5-8-19(9-6-15)24-21(25)17(13-23)11-16-12-18(22)7-10-20(16)26-14(2)3/h5-12,14H,4H2,1-3H3,(H,24,25)/b17-11+. The molecule has 5 heteroatoms. The largest absolute Gasteiger partial charge is 0.490 e. The van der Waals surface area contributed by atoms with Crippen LogP contribution >= 0.6 is 15.9 Å². The molecule has 0 aromatic heterocycles. The maximum atomic E-state index is 12.5. The number of nitrogens with zero attached hydrogens (tertiary/aromatic N) is 1. The molecule has 1 amide bonds. The first-order valence-electron chi connectivity index (χ1n) is 8.41. The average molecular weight is 413 g/mol. The second-order valence-corrected chi connectivity index (χ2v) is 6.94. The van der Waals surface area contributed by atoms with Crippen molar-refractivity contribution in [2.45, 2.75) is 33.3 Å². The summed E-state index contributed by atoms with van der Waals surface area (Å²) in [6.07, 6.45) is 2.46. The number of benzene rings is 2. The number of ether oxygens (including phenoxy) is 1. The van der Waals surface area contributed by atoms with Crippen molar-refractivity contribution >= 4 is 33.6 Å². The third-order valence-corrected chi connectivity index (χ3v) is 4.11. The second-order valence-electron chi connectivity index (χ2n) is 6.02. The number of carbonyl (C=O) groups is 1. The normalized spacial score (nSPS) is 11.2. The summed E-state index contributed by atoms with van der Waals surface area (Å²) in [5.74, 6) is 0.170. The molecule has 0 unspecified atom stereocenters. The number of aryl methyl sites for hydroxylation is 1. The van der Waals surface area contributed by atoms with Gasteiger partial charge in [-0.25, -0.2) is 0 Å². The average Bonchev–Trinajstić information content (AvgIpc) is 2.62. The molecule has 2 aromatic carbocycles. The van der Waals surface area contributed by atoms with E-state index in [0.717, 1.165) is 10.9 Å². The van der Waals surface area contributed by atoms with Gasteiger partial charge in [0.15, 0.2) is 0 Å². The van der Waals surface area contributed by atoms with Crippen molar-refractivity contribution in [1.82, 2.24) is 0 Å². The predicted molar refractivity (Wildman–Crippen MR) is 108 cm³/mol. The third-order valence-electron chi connectivity index (χ3n) is 3.62. The van der Waals surface area contributed by atoms with Gasteiger partial charge in [-0.15, -0.1) is 0 Å². The van der Waals surface area contributed by atoms with E-state index in [1.165, 1.54) is 11.6 Å². The van der Waals surface area contributed by atoms with E-state index in [0.29, 0.717) is 17.0 Å². The van der Waals surface area contributed by atoms with Crippen LogP contribution in [0.15, 0.2) is 52.5 Å². The van der Waals surface area contributed by atoms with Gasteiger partial charge in [0.05, 0.1) is 6.10 Å². The molecule has 0 atom stereocenters. The SMILES string of the molecule is CCc1ccc(NC(=O)/C(C#N)=C/c2cc(Br)ccc2OC(C)C)cc1. The molecular formula is C21H21BrN2O2. The van der Waals surface area contributed by atoms with Gasteiger partial charge in [-0.1, -0.05) is 35.0 Å². The van der Waals surface area contributed by atoms with Crippen LogP contribution in [0.3, 0.4) is 0 Å². The smallest absolute Gasteiger partial charge is 0.266 e. The maximum absolute atomic E-state index is 12.5. The number of carbonyl (C=O) groups excluding carboxylic acids is 1. The topological polar surface area (TPSA) is 62.1 Å². The first-order valence-corrected chi connectivity index (χ1v) is 9.20. The van der Waals surface area contributed by atoms with Gasteiger partial charge in [0, 0.05) is 15.7 Å². The van der Waals surface area contributed by atoms with Crippen LogP contribution in [0.4, 0.5) is 5.69 Å². The highest BCUT2D eigenvalue weighted by molar-refractivity contribution is 9.10. The zero-order chi connectivity index (χ0) is 19.1. The fourth-order valence-electron chi connectivity index (χ4n) is 2.32. The van der Waals surface area contributed by atoms with Crippen molar-refractivity contribution in [1.29, 1.82) is 5.26 Å². The lowest BCUT2D eigenvalue weighted by atomic mass is 10.1. The number of amides is 1. The van der Waals surface area contributed by atoms with E-state index in [4.69, 9.17) is 4.74 Å². The number of hydrogen-bond acceptors (Lipinski definition) is 3. The molecule has 2 aromatic rings. The molecule has 0 fully saturated rings. The number of rotatable bonds is 6. The van der Waals surface area contributed by atoms with Crippen molar-refractivity contribution < 1.29 is 9.53 Å². The van der Waals surface area contributed by atoms with Crippen LogP contribution in [0.25, 0.3) is 6.08 Å². The molecule has 1 N–H and O–H groups in total. The van der Waals surface area contributed by atoms with Gasteiger partial charge in [0.25, 0.3) is 5.91 Å². The minimum Gasteiger partial charge on any atom is -0.490 e. The number of anilines is 1. The van der Waals surface area contributed by atoms with E-state index in [9.17, 15) is 10.1 Å². The van der Waals surface area contributed by atoms with Gasteiger partial charge >= 0.3 is 0 Å². The molecule has 0 aliphatic carbocycles. The Kier molecular flexibility index (Phi) is 6.99. The molecule has 0 spiro atoms. The zero-order valence-corrected chi connectivity index (χ0v) is 16.6. The van der Waals surface area contributed by atoms with Crippen molar-refractivity contribution in [3.63, 3.8) is 0 Å². The van der Waals surface area contributed by atoms with E-state index >= 15 is 0 Å². The van der Waals surface area contributed by atoms with Gasteiger partial charge in [-0.05, 0) is 62.2 Å². The first-order chi connectivity index (χ1) is 12.4. The molecule has 4 nitrogen and oxygen atoms in total. The van der Waals surface area contributed by atoms with Crippen LogP contribution in [-0.4, -0.2) is 12.0 Å². The number of halogens is 1. The minimum absolute atomic E-state index is 0.0104. The Morgan fingerprint density at radius 1 is 1.27 bits per heavy atom. The summed E-state index contributed by atoms with van der Waals surface area (Å²) in [4.78, 5) is 12.5. The highest BCUT2D eigenvalue weighted by Crippen LogP contribution is 2.26. The quantitative estimate of drug-likeness (QED) is 0.513. The van der Waals surface area contributed by atoms with E-state index in [1.807, 2.05) is 62.4 Å². The van der Waals surface area contributed by atoms with Crippen molar-refractivity contribution in [3.05, 3.63) is 63.6 Å². The Morgan fingerprint density at radius 2 is 1.96 bits per heavy atom. The molecule has 0 saturated carbocycles. The molecule has 0 aliphatic rings. The van der Waals surface area contributed by atoms with Gasteiger partial charge in [-0.2, -0.15) is 5.26 Å².